The summed E-state index contributed by atoms with van der Waals surface area (Å²) in [5.74, 6) is 0.237. The number of halogens is 1. The van der Waals surface area contributed by atoms with Crippen LogP contribution in [0.2, 0.25) is 0 Å². The fraction of sp³-hybridized carbons (Fsp3) is 0.308. The molecule has 0 atom stereocenters. The van der Waals surface area contributed by atoms with Crippen LogP contribution in [0.4, 0.5) is 0 Å². The fourth-order valence-electron chi connectivity index (χ4n) is 1.60. The smallest absolute Gasteiger partial charge is 0.287 e. The van der Waals surface area contributed by atoms with Crippen molar-refractivity contribution in [1.82, 2.24) is 5.32 Å². The molecule has 1 aromatic carbocycles. The largest absolute Gasteiger partial charge is 0.451 e. The zero-order valence-corrected chi connectivity index (χ0v) is 11.0. The number of hydrogen-bond donors (Lipinski definition) is 1. The van der Waals surface area contributed by atoms with Gasteiger partial charge in [0, 0.05) is 17.3 Å². The van der Waals surface area contributed by atoms with E-state index in [1.54, 1.807) is 6.07 Å². The molecule has 0 saturated carbocycles. The van der Waals surface area contributed by atoms with Crippen molar-refractivity contribution in [2.24, 2.45) is 0 Å². The molecular formula is C13H14BrNO2. The second-order valence-corrected chi connectivity index (χ2v) is 4.59. The first-order valence-corrected chi connectivity index (χ1v) is 6.76. The van der Waals surface area contributed by atoms with Crippen molar-refractivity contribution in [3.05, 3.63) is 36.1 Å². The van der Waals surface area contributed by atoms with Gasteiger partial charge in [-0.15, -0.1) is 0 Å². The van der Waals surface area contributed by atoms with Crippen molar-refractivity contribution >= 4 is 32.8 Å². The molecule has 1 amide bonds. The van der Waals surface area contributed by atoms with E-state index in [1.807, 2.05) is 24.3 Å². The maximum absolute atomic E-state index is 11.8. The lowest BCUT2D eigenvalue weighted by molar-refractivity contribution is 0.0927. The number of benzene rings is 1. The Morgan fingerprint density at radius 2 is 2.12 bits per heavy atom. The maximum Gasteiger partial charge on any atom is 0.287 e. The summed E-state index contributed by atoms with van der Waals surface area (Å²) in [4.78, 5) is 11.8. The minimum absolute atomic E-state index is 0.143. The molecule has 4 heteroatoms. The van der Waals surface area contributed by atoms with Crippen molar-refractivity contribution in [3.8, 4) is 0 Å². The number of alkyl halides is 1. The number of para-hydroxylation sites is 1. The number of nitrogens with one attached hydrogen (secondary N) is 1. The molecule has 0 bridgehead atoms. The van der Waals surface area contributed by atoms with E-state index in [4.69, 9.17) is 4.42 Å². The maximum atomic E-state index is 11.8. The Morgan fingerprint density at radius 3 is 2.88 bits per heavy atom. The number of furan rings is 1. The van der Waals surface area contributed by atoms with E-state index in [1.165, 1.54) is 0 Å². The molecule has 2 aromatic rings. The summed E-state index contributed by atoms with van der Waals surface area (Å²) in [7, 11) is 0. The molecule has 0 aliphatic heterocycles. The van der Waals surface area contributed by atoms with Crippen molar-refractivity contribution < 1.29 is 9.21 Å². The number of fused-ring (bicyclic) bond motifs is 1. The molecule has 0 fully saturated rings. The van der Waals surface area contributed by atoms with E-state index in [9.17, 15) is 4.79 Å². The highest BCUT2D eigenvalue weighted by atomic mass is 79.9. The van der Waals surface area contributed by atoms with E-state index in [0.717, 1.165) is 29.1 Å². The van der Waals surface area contributed by atoms with E-state index in [-0.39, 0.29) is 5.91 Å². The first-order valence-electron chi connectivity index (χ1n) is 5.64. The molecule has 1 N–H and O–H groups in total. The van der Waals surface area contributed by atoms with Gasteiger partial charge in [-0.25, -0.2) is 0 Å². The van der Waals surface area contributed by atoms with E-state index < -0.39 is 0 Å². The molecule has 0 aliphatic carbocycles. The van der Waals surface area contributed by atoms with Crippen LogP contribution in [0.3, 0.4) is 0 Å². The topological polar surface area (TPSA) is 42.2 Å². The summed E-state index contributed by atoms with van der Waals surface area (Å²) in [6.07, 6.45) is 2.03. The number of carbonyl (C=O) groups excluding carboxylic acids is 1. The zero-order valence-electron chi connectivity index (χ0n) is 9.41. The van der Waals surface area contributed by atoms with Crippen LogP contribution in [0.1, 0.15) is 23.4 Å². The second-order valence-electron chi connectivity index (χ2n) is 3.80. The minimum Gasteiger partial charge on any atom is -0.451 e. The number of hydrogen-bond acceptors (Lipinski definition) is 2. The lowest BCUT2D eigenvalue weighted by Crippen LogP contribution is -2.23. The fourth-order valence-corrected chi connectivity index (χ4v) is 2.00. The molecular weight excluding hydrogens is 282 g/mol. The van der Waals surface area contributed by atoms with Crippen LogP contribution < -0.4 is 5.32 Å². The molecule has 90 valence electrons. The summed E-state index contributed by atoms with van der Waals surface area (Å²) in [5, 5.41) is 4.76. The first-order chi connectivity index (χ1) is 8.31. The normalized spacial score (nSPS) is 10.6. The van der Waals surface area contributed by atoms with Gasteiger partial charge in [0.25, 0.3) is 5.91 Å². The van der Waals surface area contributed by atoms with Crippen molar-refractivity contribution in [3.63, 3.8) is 0 Å². The van der Waals surface area contributed by atoms with Crippen molar-refractivity contribution in [1.29, 1.82) is 0 Å². The van der Waals surface area contributed by atoms with Gasteiger partial charge in [0.2, 0.25) is 0 Å². The van der Waals surface area contributed by atoms with Gasteiger partial charge in [0.1, 0.15) is 5.58 Å². The summed E-state index contributed by atoms with van der Waals surface area (Å²) >= 11 is 3.35. The molecule has 17 heavy (non-hydrogen) atoms. The zero-order chi connectivity index (χ0) is 12.1. The Kier molecular flexibility index (Phi) is 4.20. The van der Waals surface area contributed by atoms with Gasteiger partial charge in [-0.3, -0.25) is 4.79 Å². The van der Waals surface area contributed by atoms with Gasteiger partial charge in [-0.2, -0.15) is 0 Å². The Balaban J connectivity index is 1.99. The standard InChI is InChI=1S/C13H14BrNO2/c14-7-3-4-8-15-13(16)12-9-10-5-1-2-6-11(10)17-12/h1-2,5-6,9H,3-4,7-8H2,(H,15,16). The second kappa shape index (κ2) is 5.87. The molecule has 1 heterocycles. The molecule has 1 aromatic heterocycles. The van der Waals surface area contributed by atoms with Gasteiger partial charge in [0.15, 0.2) is 5.76 Å². The highest BCUT2D eigenvalue weighted by molar-refractivity contribution is 9.09. The van der Waals surface area contributed by atoms with E-state index in [2.05, 4.69) is 21.2 Å². The van der Waals surface area contributed by atoms with Gasteiger partial charge in [0.05, 0.1) is 0 Å². The lowest BCUT2D eigenvalue weighted by Gasteiger charge is -2.00. The van der Waals surface area contributed by atoms with Crippen LogP contribution in [-0.4, -0.2) is 17.8 Å². The van der Waals surface area contributed by atoms with Crippen LogP contribution in [0, 0.1) is 0 Å². The van der Waals surface area contributed by atoms with Crippen LogP contribution >= 0.6 is 15.9 Å². The third-order valence-electron chi connectivity index (χ3n) is 2.50. The monoisotopic (exact) mass is 295 g/mol. The summed E-state index contributed by atoms with van der Waals surface area (Å²) in [6, 6.07) is 9.38. The van der Waals surface area contributed by atoms with Gasteiger partial charge in [-0.1, -0.05) is 34.1 Å². The number of rotatable bonds is 5. The number of amides is 1. The molecule has 0 unspecified atom stereocenters. The summed E-state index contributed by atoms with van der Waals surface area (Å²) in [6.45, 7) is 0.682. The number of carbonyl (C=O) groups is 1. The van der Waals surface area contributed by atoms with Crippen LogP contribution in [0.15, 0.2) is 34.7 Å². The molecule has 0 saturated heterocycles. The first kappa shape index (κ1) is 12.2. The molecule has 0 aliphatic rings. The minimum atomic E-state index is -0.143. The summed E-state index contributed by atoms with van der Waals surface area (Å²) in [5.41, 5.74) is 0.748. The quantitative estimate of drug-likeness (QED) is 0.679. The highest BCUT2D eigenvalue weighted by Crippen LogP contribution is 2.18. The molecule has 3 nitrogen and oxygen atoms in total. The predicted octanol–water partition coefficient (Wildman–Crippen LogP) is 3.34. The average molecular weight is 296 g/mol. The van der Waals surface area contributed by atoms with Crippen molar-refractivity contribution in [2.75, 3.05) is 11.9 Å². The highest BCUT2D eigenvalue weighted by Gasteiger charge is 2.10. The van der Waals surface area contributed by atoms with Crippen LogP contribution in [0.5, 0.6) is 0 Å². The van der Waals surface area contributed by atoms with Crippen molar-refractivity contribution in [2.45, 2.75) is 12.8 Å². The third-order valence-corrected chi connectivity index (χ3v) is 3.06. The lowest BCUT2D eigenvalue weighted by atomic mass is 10.2. The molecule has 2 rings (SSSR count). The van der Waals surface area contributed by atoms with Gasteiger partial charge < -0.3 is 9.73 Å². The van der Waals surface area contributed by atoms with Gasteiger partial charge in [-0.05, 0) is 25.0 Å². The molecule has 0 spiro atoms. The van der Waals surface area contributed by atoms with Crippen LogP contribution in [-0.2, 0) is 0 Å². The van der Waals surface area contributed by atoms with E-state index >= 15 is 0 Å². The SMILES string of the molecule is O=C(NCCCCBr)c1cc2ccccc2o1. The average Bonchev–Trinajstić information content (AvgIpc) is 2.78. The van der Waals surface area contributed by atoms with Gasteiger partial charge >= 0.3 is 0 Å². The Labute approximate surface area is 108 Å². The Bertz CT molecular complexity index is 474. The number of unbranched alkanes of at least 4 members (excludes halogenated alkanes) is 1. The predicted molar refractivity (Wildman–Crippen MR) is 71.6 cm³/mol. The molecule has 0 radical (unpaired) electrons. The third kappa shape index (κ3) is 3.09. The summed E-state index contributed by atoms with van der Waals surface area (Å²) < 4.78 is 5.47. The van der Waals surface area contributed by atoms with Crippen LogP contribution in [0.25, 0.3) is 11.0 Å². The Morgan fingerprint density at radius 1 is 1.29 bits per heavy atom. The Hall–Kier alpha value is -1.29. The van der Waals surface area contributed by atoms with E-state index in [0.29, 0.717) is 12.3 Å².